The summed E-state index contributed by atoms with van der Waals surface area (Å²) >= 11 is 0. The van der Waals surface area contributed by atoms with E-state index in [-0.39, 0.29) is 11.9 Å². The Hall–Kier alpha value is -2.51. The van der Waals surface area contributed by atoms with Crippen molar-refractivity contribution in [2.75, 3.05) is 45.1 Å². The van der Waals surface area contributed by atoms with Crippen LogP contribution in [-0.2, 0) is 4.74 Å². The van der Waals surface area contributed by atoms with Gasteiger partial charge in [0.2, 0.25) is 5.95 Å². The fourth-order valence-electron chi connectivity index (χ4n) is 2.56. The summed E-state index contributed by atoms with van der Waals surface area (Å²) < 4.78 is 5.31. The van der Waals surface area contributed by atoms with E-state index in [1.54, 1.807) is 24.5 Å². The van der Waals surface area contributed by atoms with Gasteiger partial charge in [0.15, 0.2) is 0 Å². The molecule has 3 rings (SSSR count). The topological polar surface area (TPSA) is 93.4 Å². The van der Waals surface area contributed by atoms with Gasteiger partial charge in [0.1, 0.15) is 0 Å². The van der Waals surface area contributed by atoms with E-state index in [9.17, 15) is 4.79 Å². The van der Waals surface area contributed by atoms with E-state index in [1.165, 1.54) is 0 Å². The monoisotopic (exact) mass is 327 g/mol. The molecular formula is C17H21N5O2. The Morgan fingerprint density at radius 2 is 1.79 bits per heavy atom. The first-order chi connectivity index (χ1) is 11.7. The second kappa shape index (κ2) is 7.85. The maximum absolute atomic E-state index is 12.2. The summed E-state index contributed by atoms with van der Waals surface area (Å²) in [5.41, 5.74) is 7.93. The fraction of sp³-hybridized carbons (Fsp3) is 0.353. The molecule has 1 aliphatic heterocycles. The third-order valence-corrected chi connectivity index (χ3v) is 3.97. The van der Waals surface area contributed by atoms with Gasteiger partial charge < -0.3 is 15.8 Å². The summed E-state index contributed by atoms with van der Waals surface area (Å²) in [6, 6.07) is 7.36. The lowest BCUT2D eigenvalue weighted by Gasteiger charge is -2.26. The molecule has 7 nitrogen and oxygen atoms in total. The summed E-state index contributed by atoms with van der Waals surface area (Å²) in [5.74, 6) is 0.179. The van der Waals surface area contributed by atoms with Crippen LogP contribution in [0.25, 0.3) is 11.1 Å². The van der Waals surface area contributed by atoms with Crippen molar-refractivity contribution in [1.29, 1.82) is 0 Å². The molecule has 2 aromatic rings. The van der Waals surface area contributed by atoms with Crippen molar-refractivity contribution in [3.05, 3.63) is 42.2 Å². The second-order valence-corrected chi connectivity index (χ2v) is 5.62. The highest BCUT2D eigenvalue weighted by Gasteiger charge is 2.11. The third-order valence-electron chi connectivity index (χ3n) is 3.97. The number of carbonyl (C=O) groups excluding carboxylic acids is 1. The van der Waals surface area contributed by atoms with Gasteiger partial charge in [0, 0.05) is 49.7 Å². The molecule has 0 saturated carbocycles. The van der Waals surface area contributed by atoms with Crippen molar-refractivity contribution in [3.8, 4) is 11.1 Å². The van der Waals surface area contributed by atoms with Crippen molar-refractivity contribution in [3.63, 3.8) is 0 Å². The van der Waals surface area contributed by atoms with Crippen LogP contribution in [-0.4, -0.2) is 60.2 Å². The maximum Gasteiger partial charge on any atom is 0.251 e. The molecule has 1 aromatic heterocycles. The Kier molecular flexibility index (Phi) is 5.35. The van der Waals surface area contributed by atoms with E-state index in [0.29, 0.717) is 12.1 Å². The van der Waals surface area contributed by atoms with Crippen LogP contribution < -0.4 is 11.1 Å². The number of amides is 1. The van der Waals surface area contributed by atoms with E-state index < -0.39 is 0 Å². The van der Waals surface area contributed by atoms with Gasteiger partial charge in [0.05, 0.1) is 13.2 Å². The number of nitrogens with two attached hydrogens (primary N) is 1. The van der Waals surface area contributed by atoms with Crippen molar-refractivity contribution in [2.24, 2.45) is 0 Å². The molecule has 24 heavy (non-hydrogen) atoms. The van der Waals surface area contributed by atoms with Crippen LogP contribution in [0.2, 0.25) is 0 Å². The summed E-state index contributed by atoms with van der Waals surface area (Å²) in [7, 11) is 0. The van der Waals surface area contributed by atoms with Crippen LogP contribution in [0.3, 0.4) is 0 Å². The fourth-order valence-corrected chi connectivity index (χ4v) is 2.56. The molecule has 0 atom stereocenters. The highest BCUT2D eigenvalue weighted by atomic mass is 16.5. The van der Waals surface area contributed by atoms with Gasteiger partial charge in [0.25, 0.3) is 5.91 Å². The number of carbonyl (C=O) groups is 1. The molecule has 126 valence electrons. The number of rotatable bonds is 5. The standard InChI is InChI=1S/C17H21N5O2/c18-17-20-11-15(12-21-17)13-1-3-14(4-2-13)16(23)19-5-6-22-7-9-24-10-8-22/h1-4,11-12H,5-10H2,(H,19,23)(H2,18,20,21). The quantitative estimate of drug-likeness (QED) is 0.843. The number of nitrogens with one attached hydrogen (secondary N) is 1. The van der Waals surface area contributed by atoms with E-state index in [4.69, 9.17) is 10.5 Å². The molecule has 1 amide bonds. The Morgan fingerprint density at radius 1 is 1.12 bits per heavy atom. The Labute approximate surface area is 140 Å². The van der Waals surface area contributed by atoms with Gasteiger partial charge in [-0.15, -0.1) is 0 Å². The summed E-state index contributed by atoms with van der Waals surface area (Å²) in [4.78, 5) is 22.4. The van der Waals surface area contributed by atoms with Gasteiger partial charge in [-0.1, -0.05) is 12.1 Å². The molecule has 7 heteroatoms. The normalized spacial score (nSPS) is 15.2. The van der Waals surface area contributed by atoms with Crippen LogP contribution in [0.15, 0.2) is 36.7 Å². The van der Waals surface area contributed by atoms with Gasteiger partial charge in [-0.25, -0.2) is 9.97 Å². The zero-order valence-electron chi connectivity index (χ0n) is 13.4. The Balaban J connectivity index is 1.52. The molecule has 2 heterocycles. The maximum atomic E-state index is 12.2. The SMILES string of the molecule is Nc1ncc(-c2ccc(C(=O)NCCN3CCOCC3)cc2)cn1. The number of hydrogen-bond donors (Lipinski definition) is 2. The number of aromatic nitrogens is 2. The number of morpholine rings is 1. The van der Waals surface area contributed by atoms with E-state index in [0.717, 1.165) is 44.0 Å². The van der Waals surface area contributed by atoms with Gasteiger partial charge in [-0.3, -0.25) is 9.69 Å². The third kappa shape index (κ3) is 4.27. The van der Waals surface area contributed by atoms with Gasteiger partial charge in [-0.2, -0.15) is 0 Å². The van der Waals surface area contributed by atoms with Crippen LogP contribution >= 0.6 is 0 Å². The molecule has 1 fully saturated rings. The average Bonchev–Trinajstić information content (AvgIpc) is 2.63. The summed E-state index contributed by atoms with van der Waals surface area (Å²) in [6.45, 7) is 4.86. The molecule has 1 aliphatic rings. The lowest BCUT2D eigenvalue weighted by molar-refractivity contribution is 0.0383. The molecule has 1 saturated heterocycles. The number of ether oxygens (including phenoxy) is 1. The van der Waals surface area contributed by atoms with Crippen molar-refractivity contribution >= 4 is 11.9 Å². The van der Waals surface area contributed by atoms with E-state index in [2.05, 4.69) is 20.2 Å². The Bertz CT molecular complexity index is 666. The minimum atomic E-state index is -0.0663. The van der Waals surface area contributed by atoms with Crippen LogP contribution in [0.4, 0.5) is 5.95 Å². The molecule has 0 bridgehead atoms. The Morgan fingerprint density at radius 3 is 2.46 bits per heavy atom. The molecule has 3 N–H and O–H groups in total. The lowest BCUT2D eigenvalue weighted by atomic mass is 10.1. The largest absolute Gasteiger partial charge is 0.379 e. The first kappa shape index (κ1) is 16.4. The predicted molar refractivity (Wildman–Crippen MR) is 91.5 cm³/mol. The minimum Gasteiger partial charge on any atom is -0.379 e. The van der Waals surface area contributed by atoms with Crippen LogP contribution in [0.5, 0.6) is 0 Å². The molecule has 0 aliphatic carbocycles. The highest BCUT2D eigenvalue weighted by molar-refractivity contribution is 5.94. The first-order valence-corrected chi connectivity index (χ1v) is 7.98. The average molecular weight is 327 g/mol. The van der Waals surface area contributed by atoms with E-state index >= 15 is 0 Å². The predicted octanol–water partition coefficient (Wildman–Crippen LogP) is 0.788. The zero-order chi connectivity index (χ0) is 16.8. The van der Waals surface area contributed by atoms with Gasteiger partial charge in [-0.05, 0) is 17.7 Å². The summed E-state index contributed by atoms with van der Waals surface area (Å²) in [5, 5.41) is 2.95. The van der Waals surface area contributed by atoms with Gasteiger partial charge >= 0.3 is 0 Å². The summed E-state index contributed by atoms with van der Waals surface area (Å²) in [6.07, 6.45) is 3.33. The van der Waals surface area contributed by atoms with Crippen LogP contribution in [0, 0.1) is 0 Å². The second-order valence-electron chi connectivity index (χ2n) is 5.62. The van der Waals surface area contributed by atoms with Crippen molar-refractivity contribution in [1.82, 2.24) is 20.2 Å². The minimum absolute atomic E-state index is 0.0663. The molecule has 0 unspecified atom stereocenters. The van der Waals surface area contributed by atoms with Crippen molar-refractivity contribution in [2.45, 2.75) is 0 Å². The smallest absolute Gasteiger partial charge is 0.251 e. The molecule has 1 aromatic carbocycles. The number of hydrogen-bond acceptors (Lipinski definition) is 6. The molecule has 0 spiro atoms. The lowest BCUT2D eigenvalue weighted by Crippen LogP contribution is -2.41. The van der Waals surface area contributed by atoms with Crippen LogP contribution in [0.1, 0.15) is 10.4 Å². The zero-order valence-corrected chi connectivity index (χ0v) is 13.4. The molecular weight excluding hydrogens is 306 g/mol. The number of nitrogens with zero attached hydrogens (tertiary/aromatic N) is 3. The first-order valence-electron chi connectivity index (χ1n) is 7.98. The van der Waals surface area contributed by atoms with Crippen molar-refractivity contribution < 1.29 is 9.53 Å². The number of benzene rings is 1. The number of anilines is 1. The molecule has 0 radical (unpaired) electrons. The highest BCUT2D eigenvalue weighted by Crippen LogP contribution is 2.18. The van der Waals surface area contributed by atoms with E-state index in [1.807, 2.05) is 12.1 Å². The number of nitrogen functional groups attached to an aromatic ring is 1.